The second-order valence-electron chi connectivity index (χ2n) is 6.63. The molecule has 1 saturated carbocycles. The quantitative estimate of drug-likeness (QED) is 0.579. The highest BCUT2D eigenvalue weighted by molar-refractivity contribution is 7.89. The molecule has 1 amide bonds. The molecule has 2 aromatic carbocycles. The minimum absolute atomic E-state index is 0.0243. The monoisotopic (exact) mass is 384 g/mol. The summed E-state index contributed by atoms with van der Waals surface area (Å²) in [5, 5.41) is 2.81. The van der Waals surface area contributed by atoms with Crippen LogP contribution in [0.3, 0.4) is 0 Å². The lowest BCUT2D eigenvalue weighted by molar-refractivity contribution is 0.0954. The zero-order chi connectivity index (χ0) is 18.9. The number of hydrogen-bond donors (Lipinski definition) is 3. The number of amides is 1. The molecule has 4 rings (SSSR count). The largest absolute Gasteiger partial charge is 0.352 e. The van der Waals surface area contributed by atoms with Gasteiger partial charge in [0.25, 0.3) is 5.91 Å². The van der Waals surface area contributed by atoms with Gasteiger partial charge in [-0.2, -0.15) is 0 Å². The molecule has 27 heavy (non-hydrogen) atoms. The lowest BCUT2D eigenvalue weighted by Gasteiger charge is -2.08. The Morgan fingerprint density at radius 2 is 1.96 bits per heavy atom. The van der Waals surface area contributed by atoms with E-state index in [4.69, 9.17) is 0 Å². The van der Waals surface area contributed by atoms with Crippen molar-refractivity contribution in [2.45, 2.75) is 30.2 Å². The van der Waals surface area contributed by atoms with Gasteiger partial charge in [0.1, 0.15) is 5.82 Å². The van der Waals surface area contributed by atoms with Crippen LogP contribution in [0.15, 0.2) is 53.4 Å². The number of para-hydroxylation sites is 2. The molecule has 0 saturated heterocycles. The lowest BCUT2D eigenvalue weighted by atomic mass is 10.2. The molecule has 1 aromatic heterocycles. The highest BCUT2D eigenvalue weighted by Gasteiger charge is 2.28. The Morgan fingerprint density at radius 3 is 2.74 bits per heavy atom. The van der Waals surface area contributed by atoms with Crippen molar-refractivity contribution in [1.82, 2.24) is 20.0 Å². The number of sulfonamides is 1. The van der Waals surface area contributed by atoms with E-state index in [1.165, 1.54) is 12.1 Å². The van der Waals surface area contributed by atoms with E-state index in [1.54, 1.807) is 12.1 Å². The van der Waals surface area contributed by atoms with Crippen LogP contribution < -0.4 is 10.0 Å². The van der Waals surface area contributed by atoms with Gasteiger partial charge in [-0.1, -0.05) is 18.2 Å². The molecule has 0 bridgehead atoms. The average Bonchev–Trinajstić information content (AvgIpc) is 3.36. The fraction of sp³-hybridized carbons (Fsp3) is 0.263. The molecule has 3 N–H and O–H groups in total. The van der Waals surface area contributed by atoms with Gasteiger partial charge in [0, 0.05) is 24.6 Å². The van der Waals surface area contributed by atoms with Crippen molar-refractivity contribution in [2.75, 3.05) is 6.54 Å². The highest BCUT2D eigenvalue weighted by Crippen LogP contribution is 2.22. The third-order valence-corrected chi connectivity index (χ3v) is 5.91. The van der Waals surface area contributed by atoms with Crippen LogP contribution in [0, 0.1) is 0 Å². The van der Waals surface area contributed by atoms with Crippen molar-refractivity contribution in [3.63, 3.8) is 0 Å². The molecule has 8 heteroatoms. The number of nitrogens with zero attached hydrogens (tertiary/aromatic N) is 1. The summed E-state index contributed by atoms with van der Waals surface area (Å²) in [7, 11) is -3.58. The van der Waals surface area contributed by atoms with Gasteiger partial charge < -0.3 is 10.3 Å². The fourth-order valence-corrected chi connectivity index (χ4v) is 4.16. The maximum absolute atomic E-state index is 12.4. The Morgan fingerprint density at radius 1 is 1.15 bits per heavy atom. The van der Waals surface area contributed by atoms with Crippen LogP contribution in [0.1, 0.15) is 29.0 Å². The highest BCUT2D eigenvalue weighted by atomic mass is 32.2. The minimum Gasteiger partial charge on any atom is -0.352 e. The number of imidazole rings is 1. The first-order chi connectivity index (χ1) is 13.0. The van der Waals surface area contributed by atoms with Gasteiger partial charge >= 0.3 is 0 Å². The van der Waals surface area contributed by atoms with Crippen LogP contribution in [0.4, 0.5) is 0 Å². The van der Waals surface area contributed by atoms with Crippen molar-refractivity contribution in [3.8, 4) is 0 Å². The molecule has 0 atom stereocenters. The van der Waals surface area contributed by atoms with Crippen molar-refractivity contribution < 1.29 is 13.2 Å². The molecule has 1 aliphatic carbocycles. The third kappa shape index (κ3) is 4.17. The SMILES string of the molecule is O=C(NCCc1nc2ccccc2[nH]1)c1cccc(S(=O)(=O)NC2CC2)c1. The Balaban J connectivity index is 1.38. The molecular formula is C19H20N4O3S. The van der Waals surface area contributed by atoms with Gasteiger partial charge in [0.15, 0.2) is 0 Å². The van der Waals surface area contributed by atoms with Crippen molar-refractivity contribution in [2.24, 2.45) is 0 Å². The fourth-order valence-electron chi connectivity index (χ4n) is 2.81. The zero-order valence-corrected chi connectivity index (χ0v) is 15.4. The first kappa shape index (κ1) is 17.7. The third-order valence-electron chi connectivity index (χ3n) is 4.39. The number of carbonyl (C=O) groups excluding carboxylic acids is 1. The molecule has 1 heterocycles. The van der Waals surface area contributed by atoms with Gasteiger partial charge in [-0.05, 0) is 43.2 Å². The number of carbonyl (C=O) groups is 1. The van der Waals surface area contributed by atoms with Crippen LogP contribution in [0.25, 0.3) is 11.0 Å². The van der Waals surface area contributed by atoms with Gasteiger partial charge in [-0.3, -0.25) is 4.79 Å². The van der Waals surface area contributed by atoms with E-state index < -0.39 is 10.0 Å². The van der Waals surface area contributed by atoms with Crippen molar-refractivity contribution in [1.29, 1.82) is 0 Å². The van der Waals surface area contributed by atoms with Crippen LogP contribution in [-0.4, -0.2) is 36.9 Å². The van der Waals surface area contributed by atoms with E-state index in [9.17, 15) is 13.2 Å². The summed E-state index contributed by atoms with van der Waals surface area (Å²) in [4.78, 5) is 20.2. The molecule has 0 unspecified atom stereocenters. The summed E-state index contributed by atoms with van der Waals surface area (Å²) in [6, 6.07) is 13.8. The average molecular weight is 384 g/mol. The van der Waals surface area contributed by atoms with Crippen LogP contribution >= 0.6 is 0 Å². The van der Waals surface area contributed by atoms with E-state index in [0.29, 0.717) is 18.5 Å². The number of nitrogens with one attached hydrogen (secondary N) is 3. The first-order valence-electron chi connectivity index (χ1n) is 8.85. The molecule has 140 valence electrons. The van der Waals surface area contributed by atoms with Crippen LogP contribution in [-0.2, 0) is 16.4 Å². The molecular weight excluding hydrogens is 364 g/mol. The Labute approximate surface area is 157 Å². The Kier molecular flexibility index (Phi) is 4.67. The zero-order valence-electron chi connectivity index (χ0n) is 14.6. The Hall–Kier alpha value is -2.71. The van der Waals surface area contributed by atoms with Gasteiger partial charge in [0.2, 0.25) is 10.0 Å². The maximum atomic E-state index is 12.4. The number of benzene rings is 2. The number of aromatic amines is 1. The van der Waals surface area contributed by atoms with E-state index in [1.807, 2.05) is 24.3 Å². The summed E-state index contributed by atoms with van der Waals surface area (Å²) in [5.74, 6) is 0.482. The number of rotatable bonds is 7. The number of hydrogen-bond acceptors (Lipinski definition) is 4. The first-order valence-corrected chi connectivity index (χ1v) is 10.3. The van der Waals surface area contributed by atoms with E-state index >= 15 is 0 Å². The second kappa shape index (κ2) is 7.13. The normalized spacial score (nSPS) is 14.4. The number of fused-ring (bicyclic) bond motifs is 1. The van der Waals surface area contributed by atoms with E-state index in [-0.39, 0.29) is 16.8 Å². The lowest BCUT2D eigenvalue weighted by Crippen LogP contribution is -2.28. The van der Waals surface area contributed by atoms with Crippen molar-refractivity contribution in [3.05, 3.63) is 59.9 Å². The van der Waals surface area contributed by atoms with Gasteiger partial charge in [0.05, 0.1) is 15.9 Å². The molecule has 0 radical (unpaired) electrons. The number of aromatic nitrogens is 2. The molecule has 7 nitrogen and oxygen atoms in total. The molecule has 0 spiro atoms. The van der Waals surface area contributed by atoms with E-state index in [2.05, 4.69) is 20.0 Å². The predicted octanol–water partition coefficient (Wildman–Crippen LogP) is 1.98. The summed E-state index contributed by atoms with van der Waals surface area (Å²) in [6.07, 6.45) is 2.28. The topological polar surface area (TPSA) is 104 Å². The summed E-state index contributed by atoms with van der Waals surface area (Å²) in [6.45, 7) is 0.399. The molecule has 3 aromatic rings. The molecule has 0 aliphatic heterocycles. The van der Waals surface area contributed by atoms with Crippen LogP contribution in [0.5, 0.6) is 0 Å². The van der Waals surface area contributed by atoms with Crippen LogP contribution in [0.2, 0.25) is 0 Å². The van der Waals surface area contributed by atoms with Crippen molar-refractivity contribution >= 4 is 27.0 Å². The molecule has 1 aliphatic rings. The maximum Gasteiger partial charge on any atom is 0.251 e. The summed E-state index contributed by atoms with van der Waals surface area (Å²) >= 11 is 0. The smallest absolute Gasteiger partial charge is 0.251 e. The van der Waals surface area contributed by atoms with Gasteiger partial charge in [-0.25, -0.2) is 18.1 Å². The standard InChI is InChI=1S/C19H20N4O3S/c24-19(20-11-10-18-21-16-6-1-2-7-17(16)22-18)13-4-3-5-15(12-13)27(25,26)23-14-8-9-14/h1-7,12,14,23H,8-11H2,(H,20,24)(H,21,22). The number of H-pyrrole nitrogens is 1. The van der Waals surface area contributed by atoms with Gasteiger partial charge in [-0.15, -0.1) is 0 Å². The molecule has 1 fully saturated rings. The van der Waals surface area contributed by atoms with E-state index in [0.717, 1.165) is 29.7 Å². The summed E-state index contributed by atoms with van der Waals surface area (Å²) in [5.41, 5.74) is 2.16. The Bertz CT molecular complexity index is 1050. The minimum atomic E-state index is -3.58. The predicted molar refractivity (Wildman–Crippen MR) is 102 cm³/mol. The second-order valence-corrected chi connectivity index (χ2v) is 8.34. The summed E-state index contributed by atoms with van der Waals surface area (Å²) < 4.78 is 27.2.